The first-order valence-electron chi connectivity index (χ1n) is 8.56. The smallest absolute Gasteiger partial charge is 0.297 e. The Kier molecular flexibility index (Phi) is 4.52. The molecule has 0 spiro atoms. The van der Waals surface area contributed by atoms with Gasteiger partial charge in [0.1, 0.15) is 0 Å². The molecule has 0 bridgehead atoms. The minimum absolute atomic E-state index is 0.192. The number of benzene rings is 1. The van der Waals surface area contributed by atoms with E-state index in [1.165, 1.54) is 28.7 Å². The molecule has 0 radical (unpaired) electrons. The van der Waals surface area contributed by atoms with Gasteiger partial charge in [-0.25, -0.2) is 0 Å². The Hall–Kier alpha value is -3.33. The number of rotatable bonds is 5. The van der Waals surface area contributed by atoms with Crippen molar-refractivity contribution >= 4 is 21.6 Å². The fraction of sp³-hybridized carbons (Fsp3) is 0.158. The van der Waals surface area contributed by atoms with Crippen molar-refractivity contribution in [1.29, 1.82) is 0 Å². The van der Waals surface area contributed by atoms with Crippen LogP contribution in [0.4, 0.5) is 5.69 Å². The van der Waals surface area contributed by atoms with E-state index in [-0.39, 0.29) is 29.3 Å². The van der Waals surface area contributed by atoms with Gasteiger partial charge in [-0.15, -0.1) is 0 Å². The van der Waals surface area contributed by atoms with Crippen molar-refractivity contribution in [3.05, 3.63) is 66.9 Å². The van der Waals surface area contributed by atoms with Crippen LogP contribution in [-0.2, 0) is 14.8 Å². The molecule has 1 atom stereocenters. The first-order valence-corrected chi connectivity index (χ1v) is 10.00. The molecule has 9 heteroatoms. The number of para-hydroxylation sites is 1. The molecule has 1 unspecified atom stereocenters. The van der Waals surface area contributed by atoms with E-state index in [2.05, 4.69) is 17.1 Å². The maximum absolute atomic E-state index is 13.2. The van der Waals surface area contributed by atoms with E-state index in [0.717, 1.165) is 5.56 Å². The molecule has 3 aromatic rings. The maximum Gasteiger partial charge on any atom is 0.297 e. The second kappa shape index (κ2) is 7.01. The molecule has 144 valence electrons. The predicted molar refractivity (Wildman–Crippen MR) is 101 cm³/mol. The summed E-state index contributed by atoms with van der Waals surface area (Å²) < 4.78 is 38.2. The van der Waals surface area contributed by atoms with E-state index in [1.807, 2.05) is 0 Å². The second-order valence-corrected chi connectivity index (χ2v) is 7.98. The fourth-order valence-electron chi connectivity index (χ4n) is 3.20. The lowest BCUT2D eigenvalue weighted by Gasteiger charge is -2.34. The van der Waals surface area contributed by atoms with Crippen molar-refractivity contribution in [2.24, 2.45) is 0 Å². The Labute approximate surface area is 161 Å². The highest BCUT2D eigenvalue weighted by Gasteiger charge is 2.35. The van der Waals surface area contributed by atoms with Gasteiger partial charge in [0.15, 0.2) is 5.76 Å². The topological polar surface area (TPSA) is 106 Å². The van der Waals surface area contributed by atoms with E-state index in [0.29, 0.717) is 17.9 Å². The summed E-state index contributed by atoms with van der Waals surface area (Å²) in [4.78, 5) is 11.7. The lowest BCUT2D eigenvalue weighted by molar-refractivity contribution is -0.117. The maximum atomic E-state index is 13.2. The van der Waals surface area contributed by atoms with Gasteiger partial charge in [0.25, 0.3) is 10.0 Å². The summed E-state index contributed by atoms with van der Waals surface area (Å²) in [6.07, 6.45) is 3.07. The van der Waals surface area contributed by atoms with Gasteiger partial charge in [0.05, 0.1) is 17.9 Å². The van der Waals surface area contributed by atoms with Gasteiger partial charge in [-0.1, -0.05) is 29.9 Å². The van der Waals surface area contributed by atoms with Crippen LogP contribution in [0.3, 0.4) is 0 Å². The van der Waals surface area contributed by atoms with E-state index < -0.39 is 10.0 Å². The van der Waals surface area contributed by atoms with E-state index in [1.54, 1.807) is 30.3 Å². The zero-order valence-electron chi connectivity index (χ0n) is 14.7. The SMILES string of the molecule is C=CC(=O)NC1CCN(S(=O)(=O)c2ccc(-c3ccno3)o2)c2ccccc21. The van der Waals surface area contributed by atoms with E-state index in [4.69, 9.17) is 8.94 Å². The molecule has 1 N–H and O–H groups in total. The van der Waals surface area contributed by atoms with Crippen LogP contribution in [0.15, 0.2) is 75.3 Å². The van der Waals surface area contributed by atoms with E-state index >= 15 is 0 Å². The Bertz CT molecular complexity index is 1120. The first-order chi connectivity index (χ1) is 13.5. The highest BCUT2D eigenvalue weighted by Crippen LogP contribution is 2.37. The molecule has 1 amide bonds. The molecule has 8 nitrogen and oxygen atoms in total. The predicted octanol–water partition coefficient (Wildman–Crippen LogP) is 2.88. The van der Waals surface area contributed by atoms with Crippen LogP contribution >= 0.6 is 0 Å². The summed E-state index contributed by atoms with van der Waals surface area (Å²) in [6.45, 7) is 3.65. The molecule has 1 aliphatic heterocycles. The second-order valence-electron chi connectivity index (χ2n) is 6.19. The summed E-state index contributed by atoms with van der Waals surface area (Å²) in [5, 5.41) is 6.24. The molecular weight excluding hydrogens is 382 g/mol. The number of sulfonamides is 1. The van der Waals surface area contributed by atoms with Crippen LogP contribution in [0.1, 0.15) is 18.0 Å². The van der Waals surface area contributed by atoms with Crippen LogP contribution in [0.2, 0.25) is 0 Å². The van der Waals surface area contributed by atoms with Gasteiger partial charge in [-0.05, 0) is 36.3 Å². The number of nitrogens with one attached hydrogen (secondary N) is 1. The molecule has 28 heavy (non-hydrogen) atoms. The van der Waals surface area contributed by atoms with Crippen molar-refractivity contribution in [2.45, 2.75) is 17.6 Å². The van der Waals surface area contributed by atoms with Crippen LogP contribution in [-0.4, -0.2) is 26.0 Å². The number of carbonyl (C=O) groups excluding carboxylic acids is 1. The summed E-state index contributed by atoms with van der Waals surface area (Å²) in [5.74, 6) is 0.309. The van der Waals surface area contributed by atoms with Crippen molar-refractivity contribution in [3.63, 3.8) is 0 Å². The number of hydrogen-bond donors (Lipinski definition) is 1. The quantitative estimate of drug-likeness (QED) is 0.662. The van der Waals surface area contributed by atoms with Gasteiger partial charge in [-0.3, -0.25) is 9.10 Å². The average Bonchev–Trinajstić information content (AvgIpc) is 3.39. The Morgan fingerprint density at radius 2 is 2.04 bits per heavy atom. The number of amides is 1. The van der Waals surface area contributed by atoms with Crippen molar-refractivity contribution in [1.82, 2.24) is 10.5 Å². The highest BCUT2D eigenvalue weighted by atomic mass is 32.2. The van der Waals surface area contributed by atoms with Crippen LogP contribution < -0.4 is 9.62 Å². The molecule has 1 aliphatic rings. The average molecular weight is 399 g/mol. The monoisotopic (exact) mass is 399 g/mol. The lowest BCUT2D eigenvalue weighted by atomic mass is 9.98. The summed E-state index contributed by atoms with van der Waals surface area (Å²) in [7, 11) is -3.93. The van der Waals surface area contributed by atoms with Crippen LogP contribution in [0.5, 0.6) is 0 Å². The van der Waals surface area contributed by atoms with Crippen LogP contribution in [0, 0.1) is 0 Å². The zero-order chi connectivity index (χ0) is 19.7. The molecule has 0 fully saturated rings. The highest BCUT2D eigenvalue weighted by molar-refractivity contribution is 7.92. The molecule has 1 aromatic carbocycles. The third kappa shape index (κ3) is 3.09. The third-order valence-corrected chi connectivity index (χ3v) is 6.20. The number of nitrogens with zero attached hydrogens (tertiary/aromatic N) is 2. The summed E-state index contributed by atoms with van der Waals surface area (Å²) in [5.41, 5.74) is 1.22. The zero-order valence-corrected chi connectivity index (χ0v) is 15.6. The lowest BCUT2D eigenvalue weighted by Crippen LogP contribution is -2.40. The van der Waals surface area contributed by atoms with Crippen molar-refractivity contribution in [2.75, 3.05) is 10.8 Å². The molecule has 0 aliphatic carbocycles. The van der Waals surface area contributed by atoms with Gasteiger partial charge in [0.2, 0.25) is 16.8 Å². The fourth-order valence-corrected chi connectivity index (χ4v) is 4.63. The molecule has 0 saturated heterocycles. The summed E-state index contributed by atoms with van der Waals surface area (Å²) >= 11 is 0. The van der Waals surface area contributed by atoms with Gasteiger partial charge in [0, 0.05) is 12.6 Å². The molecule has 3 heterocycles. The minimum atomic E-state index is -3.93. The molecule has 0 saturated carbocycles. The molecule has 2 aromatic heterocycles. The molecular formula is C19H17N3O5S. The van der Waals surface area contributed by atoms with Gasteiger partial charge < -0.3 is 14.3 Å². The first kappa shape index (κ1) is 18.1. The standard InChI is InChI=1S/C19H17N3O5S/c1-2-18(23)21-14-10-12-22(15-6-4-3-5-13(14)15)28(24,25)19-8-7-16(26-19)17-9-11-20-27-17/h2-9,11,14H,1,10,12H2,(H,21,23). The Morgan fingerprint density at radius 3 is 2.79 bits per heavy atom. The van der Waals surface area contributed by atoms with Gasteiger partial charge >= 0.3 is 0 Å². The Balaban J connectivity index is 1.69. The molecule has 4 rings (SSSR count). The van der Waals surface area contributed by atoms with Crippen LogP contribution in [0.25, 0.3) is 11.5 Å². The number of furan rings is 1. The Morgan fingerprint density at radius 1 is 1.21 bits per heavy atom. The number of carbonyl (C=O) groups is 1. The van der Waals surface area contributed by atoms with E-state index in [9.17, 15) is 13.2 Å². The largest absolute Gasteiger partial charge is 0.439 e. The number of fused-ring (bicyclic) bond motifs is 1. The minimum Gasteiger partial charge on any atom is -0.439 e. The van der Waals surface area contributed by atoms with Gasteiger partial charge in [-0.2, -0.15) is 8.42 Å². The van der Waals surface area contributed by atoms with Crippen molar-refractivity contribution < 1.29 is 22.2 Å². The number of hydrogen-bond acceptors (Lipinski definition) is 6. The normalized spacial score (nSPS) is 16.4. The third-order valence-electron chi connectivity index (χ3n) is 4.51. The number of anilines is 1. The number of aromatic nitrogens is 1. The van der Waals surface area contributed by atoms with Crippen molar-refractivity contribution in [3.8, 4) is 11.5 Å². The summed E-state index contributed by atoms with van der Waals surface area (Å²) in [6, 6.07) is 11.3.